The van der Waals surface area contributed by atoms with Crippen LogP contribution in [0.15, 0.2) is 0 Å². The van der Waals surface area contributed by atoms with Crippen molar-refractivity contribution in [1.82, 2.24) is 5.32 Å². The number of nitrogens with one attached hydrogen (secondary N) is 1. The lowest BCUT2D eigenvalue weighted by Crippen LogP contribution is -2.35. The summed E-state index contributed by atoms with van der Waals surface area (Å²) in [6.45, 7) is 6.56. The van der Waals surface area contributed by atoms with Crippen molar-refractivity contribution in [3.8, 4) is 0 Å². The lowest BCUT2D eigenvalue weighted by Gasteiger charge is -2.27. The molecule has 0 saturated carbocycles. The molecule has 3 N–H and O–H groups in total. The van der Waals surface area contributed by atoms with E-state index in [1.165, 1.54) is 0 Å². The molecule has 6 nitrogen and oxygen atoms in total. The molecule has 100 valence electrons. The molecule has 0 radical (unpaired) electrons. The summed E-state index contributed by atoms with van der Waals surface area (Å²) in [6.07, 6.45) is 0.399. The van der Waals surface area contributed by atoms with Crippen molar-refractivity contribution in [3.05, 3.63) is 0 Å². The van der Waals surface area contributed by atoms with Gasteiger partial charge in [-0.2, -0.15) is 0 Å². The smallest absolute Gasteiger partial charge is 0.407 e. The zero-order valence-corrected chi connectivity index (χ0v) is 10.7. The Kier molecular flexibility index (Phi) is 7.09. The maximum Gasteiger partial charge on any atom is 0.407 e. The van der Waals surface area contributed by atoms with Gasteiger partial charge in [-0.25, -0.2) is 9.59 Å². The van der Waals surface area contributed by atoms with Gasteiger partial charge in [-0.15, -0.1) is 0 Å². The van der Waals surface area contributed by atoms with Crippen molar-refractivity contribution in [2.45, 2.75) is 33.6 Å². The Balaban J connectivity index is 4.19. The van der Waals surface area contributed by atoms with Crippen LogP contribution in [0.25, 0.3) is 0 Å². The molecule has 0 bridgehead atoms. The van der Waals surface area contributed by atoms with Gasteiger partial charge in [-0.3, -0.25) is 0 Å². The minimum absolute atomic E-state index is 0.148. The third-order valence-corrected chi connectivity index (χ3v) is 2.29. The van der Waals surface area contributed by atoms with Gasteiger partial charge < -0.3 is 20.5 Å². The molecule has 0 aromatic rings. The molecular formula is C11H22N2O4. The lowest BCUT2D eigenvalue weighted by molar-refractivity contribution is 0.0340. The van der Waals surface area contributed by atoms with Gasteiger partial charge in [0.15, 0.2) is 0 Å². The third kappa shape index (κ3) is 7.43. The van der Waals surface area contributed by atoms with Crippen LogP contribution in [0.1, 0.15) is 33.6 Å². The molecule has 0 aliphatic heterocycles. The van der Waals surface area contributed by atoms with E-state index in [4.69, 9.17) is 15.2 Å². The van der Waals surface area contributed by atoms with Gasteiger partial charge in [0.2, 0.25) is 0 Å². The van der Waals surface area contributed by atoms with Gasteiger partial charge in [0.05, 0.1) is 0 Å². The zero-order chi connectivity index (χ0) is 13.3. The normalized spacial score (nSPS) is 13.6. The molecule has 0 saturated heterocycles. The van der Waals surface area contributed by atoms with Crippen LogP contribution >= 0.6 is 0 Å². The molecule has 0 aliphatic rings. The highest BCUT2D eigenvalue weighted by molar-refractivity contribution is 5.67. The first-order valence-corrected chi connectivity index (χ1v) is 5.76. The van der Waals surface area contributed by atoms with Gasteiger partial charge in [0.25, 0.3) is 0 Å². The molecule has 0 aliphatic carbocycles. The monoisotopic (exact) mass is 246 g/mol. The number of hydrogen-bond acceptors (Lipinski definition) is 4. The van der Waals surface area contributed by atoms with Crippen molar-refractivity contribution >= 4 is 12.2 Å². The fourth-order valence-corrected chi connectivity index (χ4v) is 1.47. The fraction of sp³-hybridized carbons (Fsp3) is 0.818. The summed E-state index contributed by atoms with van der Waals surface area (Å²) in [5.41, 5.74) is 4.52. The lowest BCUT2D eigenvalue weighted by atomic mass is 9.87. The Labute approximate surface area is 102 Å². The molecule has 0 rings (SSSR count). The Morgan fingerprint density at radius 1 is 1.24 bits per heavy atom. The SMILES string of the molecule is CCCC(C)(COC(N)=O)COC(=O)NCC. The van der Waals surface area contributed by atoms with E-state index in [1.54, 1.807) is 0 Å². The number of primary amides is 1. The summed E-state index contributed by atoms with van der Waals surface area (Å²) in [6, 6.07) is 0. The van der Waals surface area contributed by atoms with Crippen molar-refractivity contribution in [2.24, 2.45) is 11.1 Å². The summed E-state index contributed by atoms with van der Waals surface area (Å²) in [7, 11) is 0. The first-order chi connectivity index (χ1) is 7.93. The van der Waals surface area contributed by atoms with Crippen molar-refractivity contribution in [1.29, 1.82) is 0 Å². The van der Waals surface area contributed by atoms with Crippen LogP contribution in [0.3, 0.4) is 0 Å². The fourth-order valence-electron chi connectivity index (χ4n) is 1.47. The molecule has 17 heavy (non-hydrogen) atoms. The van der Waals surface area contributed by atoms with E-state index in [0.717, 1.165) is 12.8 Å². The number of carbonyl (C=O) groups is 2. The molecule has 0 aromatic carbocycles. The predicted molar refractivity (Wildman–Crippen MR) is 63.6 cm³/mol. The average molecular weight is 246 g/mol. The number of rotatable bonds is 7. The number of ether oxygens (including phenoxy) is 2. The second kappa shape index (κ2) is 7.76. The number of amides is 2. The minimum atomic E-state index is -0.815. The molecule has 6 heteroatoms. The molecule has 0 heterocycles. The third-order valence-electron chi connectivity index (χ3n) is 2.29. The van der Waals surface area contributed by atoms with E-state index < -0.39 is 17.6 Å². The van der Waals surface area contributed by atoms with E-state index in [2.05, 4.69) is 5.32 Å². The Morgan fingerprint density at radius 2 is 1.82 bits per heavy atom. The Morgan fingerprint density at radius 3 is 2.29 bits per heavy atom. The second-order valence-corrected chi connectivity index (χ2v) is 4.27. The number of hydrogen-bond donors (Lipinski definition) is 2. The molecule has 1 atom stereocenters. The van der Waals surface area contributed by atoms with Gasteiger partial charge in [0.1, 0.15) is 13.2 Å². The number of alkyl carbamates (subject to hydrolysis) is 1. The van der Waals surface area contributed by atoms with Crippen LogP contribution in [0.4, 0.5) is 9.59 Å². The number of nitrogens with two attached hydrogens (primary N) is 1. The Hall–Kier alpha value is -1.46. The summed E-state index contributed by atoms with van der Waals surface area (Å²) < 4.78 is 9.83. The highest BCUT2D eigenvalue weighted by atomic mass is 16.6. The average Bonchev–Trinajstić information content (AvgIpc) is 2.25. The van der Waals surface area contributed by atoms with Crippen LogP contribution in [0.2, 0.25) is 0 Å². The molecule has 0 aromatic heterocycles. The molecular weight excluding hydrogens is 224 g/mol. The second-order valence-electron chi connectivity index (χ2n) is 4.27. The van der Waals surface area contributed by atoms with Crippen LogP contribution < -0.4 is 11.1 Å². The summed E-state index contributed by atoms with van der Waals surface area (Å²) in [5.74, 6) is 0. The highest BCUT2D eigenvalue weighted by Crippen LogP contribution is 2.24. The van der Waals surface area contributed by atoms with E-state index >= 15 is 0 Å². The molecule has 0 spiro atoms. The first-order valence-electron chi connectivity index (χ1n) is 5.76. The van der Waals surface area contributed by atoms with Crippen LogP contribution in [0.5, 0.6) is 0 Å². The summed E-state index contributed by atoms with van der Waals surface area (Å²) >= 11 is 0. The number of carbonyl (C=O) groups excluding carboxylic acids is 2. The first kappa shape index (κ1) is 15.5. The van der Waals surface area contributed by atoms with Gasteiger partial charge >= 0.3 is 12.2 Å². The van der Waals surface area contributed by atoms with Crippen LogP contribution in [-0.2, 0) is 9.47 Å². The van der Waals surface area contributed by atoms with Gasteiger partial charge in [-0.05, 0) is 13.3 Å². The van der Waals surface area contributed by atoms with E-state index in [-0.39, 0.29) is 13.2 Å². The quantitative estimate of drug-likeness (QED) is 0.714. The topological polar surface area (TPSA) is 90.7 Å². The molecule has 0 fully saturated rings. The zero-order valence-electron chi connectivity index (χ0n) is 10.7. The standard InChI is InChI=1S/C11H22N2O4/c1-4-6-11(3,7-16-9(12)14)8-17-10(15)13-5-2/h4-8H2,1-3H3,(H2,12,14)(H,13,15). The Bertz CT molecular complexity index is 258. The molecule has 2 amide bonds. The maximum absolute atomic E-state index is 11.2. The predicted octanol–water partition coefficient (Wildman–Crippen LogP) is 1.63. The van der Waals surface area contributed by atoms with Crippen molar-refractivity contribution < 1.29 is 19.1 Å². The van der Waals surface area contributed by atoms with Crippen LogP contribution in [0, 0.1) is 5.41 Å². The maximum atomic E-state index is 11.2. The van der Waals surface area contributed by atoms with Crippen molar-refractivity contribution in [2.75, 3.05) is 19.8 Å². The highest BCUT2D eigenvalue weighted by Gasteiger charge is 2.27. The van der Waals surface area contributed by atoms with E-state index in [0.29, 0.717) is 6.54 Å². The van der Waals surface area contributed by atoms with Crippen molar-refractivity contribution in [3.63, 3.8) is 0 Å². The largest absolute Gasteiger partial charge is 0.449 e. The van der Waals surface area contributed by atoms with E-state index in [1.807, 2.05) is 20.8 Å². The summed E-state index contributed by atoms with van der Waals surface area (Å²) in [5, 5.41) is 2.53. The minimum Gasteiger partial charge on any atom is -0.449 e. The van der Waals surface area contributed by atoms with Gasteiger partial charge in [0, 0.05) is 12.0 Å². The molecule has 1 unspecified atom stereocenters. The van der Waals surface area contributed by atoms with Gasteiger partial charge in [-0.1, -0.05) is 20.3 Å². The summed E-state index contributed by atoms with van der Waals surface area (Å²) in [4.78, 5) is 21.7. The van der Waals surface area contributed by atoms with E-state index in [9.17, 15) is 9.59 Å². The van der Waals surface area contributed by atoms with Crippen LogP contribution in [-0.4, -0.2) is 31.9 Å².